The van der Waals surface area contributed by atoms with Gasteiger partial charge in [0.2, 0.25) is 0 Å². The van der Waals surface area contributed by atoms with Crippen LogP contribution in [0.2, 0.25) is 0 Å². The number of hydrogen-bond donors (Lipinski definition) is 1. The summed E-state index contributed by atoms with van der Waals surface area (Å²) in [6.07, 6.45) is 3.32. The summed E-state index contributed by atoms with van der Waals surface area (Å²) in [7, 11) is 1.49. The Morgan fingerprint density at radius 2 is 1.88 bits per heavy atom. The fraction of sp³-hybridized carbons (Fsp3) is 0.174. The normalized spacial score (nSPS) is 10.2. The van der Waals surface area contributed by atoms with Crippen LogP contribution in [0.4, 0.5) is 11.4 Å². The van der Waals surface area contributed by atoms with Gasteiger partial charge in [-0.15, -0.1) is 0 Å². The van der Waals surface area contributed by atoms with E-state index < -0.39 is 22.5 Å². The number of pyridine rings is 1. The molecule has 2 aromatic carbocycles. The molecule has 33 heavy (non-hydrogen) atoms. The minimum Gasteiger partial charge on any atom is -0.493 e. The van der Waals surface area contributed by atoms with Gasteiger partial charge in [0.25, 0.3) is 11.6 Å². The van der Waals surface area contributed by atoms with E-state index in [1.807, 2.05) is 6.07 Å². The summed E-state index contributed by atoms with van der Waals surface area (Å²) in [5.74, 6) is -0.569. The number of nitro benzene ring substituents is 1. The zero-order valence-electron chi connectivity index (χ0n) is 17.9. The lowest BCUT2D eigenvalue weighted by Gasteiger charge is -2.13. The fourth-order valence-electron chi connectivity index (χ4n) is 2.90. The highest BCUT2D eigenvalue weighted by molar-refractivity contribution is 6.06. The number of aromatic nitrogens is 1. The number of amides is 1. The number of carbonyl (C=O) groups is 2. The van der Waals surface area contributed by atoms with Crippen molar-refractivity contribution >= 4 is 23.3 Å². The summed E-state index contributed by atoms with van der Waals surface area (Å²) < 4.78 is 16.0. The first-order valence-corrected chi connectivity index (χ1v) is 9.89. The Kier molecular flexibility index (Phi) is 7.53. The van der Waals surface area contributed by atoms with E-state index in [9.17, 15) is 19.7 Å². The van der Waals surface area contributed by atoms with Gasteiger partial charge in [-0.25, -0.2) is 4.79 Å². The van der Waals surface area contributed by atoms with Gasteiger partial charge in [0.15, 0.2) is 11.5 Å². The van der Waals surface area contributed by atoms with Crippen LogP contribution in [-0.4, -0.2) is 35.5 Å². The minimum absolute atomic E-state index is 0.0686. The highest BCUT2D eigenvalue weighted by atomic mass is 16.6. The molecule has 0 atom stereocenters. The largest absolute Gasteiger partial charge is 0.493 e. The number of nitro groups is 1. The first-order chi connectivity index (χ1) is 15.9. The van der Waals surface area contributed by atoms with Gasteiger partial charge in [-0.05, 0) is 31.2 Å². The van der Waals surface area contributed by atoms with Gasteiger partial charge in [0, 0.05) is 47.4 Å². The lowest BCUT2D eigenvalue weighted by Crippen LogP contribution is -2.14. The van der Waals surface area contributed by atoms with E-state index in [-0.39, 0.29) is 24.3 Å². The molecule has 0 saturated heterocycles. The molecule has 0 fully saturated rings. The van der Waals surface area contributed by atoms with E-state index in [2.05, 4.69) is 10.3 Å². The van der Waals surface area contributed by atoms with Crippen LogP contribution in [0.5, 0.6) is 11.5 Å². The quantitative estimate of drug-likeness (QED) is 0.293. The average Bonchev–Trinajstić information content (AvgIpc) is 2.83. The molecular weight excluding hydrogens is 430 g/mol. The van der Waals surface area contributed by atoms with E-state index in [1.165, 1.54) is 13.2 Å². The van der Waals surface area contributed by atoms with Gasteiger partial charge in [0.05, 0.1) is 24.2 Å². The molecule has 1 N–H and O–H groups in total. The van der Waals surface area contributed by atoms with Crippen LogP contribution in [0.1, 0.15) is 33.2 Å². The van der Waals surface area contributed by atoms with Crippen molar-refractivity contribution in [1.29, 1.82) is 0 Å². The predicted octanol–water partition coefficient (Wildman–Crippen LogP) is 4.01. The number of carbonyl (C=O) groups excluding carboxylic acids is 2. The number of hydrogen-bond acceptors (Lipinski definition) is 8. The minimum atomic E-state index is -0.759. The maximum absolute atomic E-state index is 12.8. The number of rotatable bonds is 9. The third-order valence-corrected chi connectivity index (χ3v) is 4.44. The van der Waals surface area contributed by atoms with Crippen molar-refractivity contribution in [3.8, 4) is 11.5 Å². The van der Waals surface area contributed by atoms with Crippen molar-refractivity contribution in [3.63, 3.8) is 0 Å². The second-order valence-corrected chi connectivity index (χ2v) is 6.72. The van der Waals surface area contributed by atoms with Crippen molar-refractivity contribution in [1.82, 2.24) is 4.98 Å². The monoisotopic (exact) mass is 451 g/mol. The molecular formula is C23H21N3O7. The second-order valence-electron chi connectivity index (χ2n) is 6.72. The summed E-state index contributed by atoms with van der Waals surface area (Å²) in [5.41, 5.74) is 0.650. The average molecular weight is 451 g/mol. The predicted molar refractivity (Wildman–Crippen MR) is 119 cm³/mol. The summed E-state index contributed by atoms with van der Waals surface area (Å²) in [6, 6.07) is 11.8. The number of ether oxygens (including phenoxy) is 3. The first kappa shape index (κ1) is 23.2. The molecule has 0 aliphatic heterocycles. The number of esters is 1. The summed E-state index contributed by atoms with van der Waals surface area (Å²) in [6.45, 7) is 1.94. The van der Waals surface area contributed by atoms with Crippen molar-refractivity contribution in [3.05, 3.63) is 87.7 Å². The second kappa shape index (κ2) is 10.7. The van der Waals surface area contributed by atoms with Gasteiger partial charge in [0.1, 0.15) is 6.61 Å². The zero-order valence-corrected chi connectivity index (χ0v) is 17.9. The smallest absolute Gasteiger partial charge is 0.338 e. The fourth-order valence-corrected chi connectivity index (χ4v) is 2.90. The Hall–Kier alpha value is -4.47. The molecule has 1 heterocycles. The Balaban J connectivity index is 1.83. The highest BCUT2D eigenvalue weighted by Gasteiger charge is 2.19. The van der Waals surface area contributed by atoms with Gasteiger partial charge < -0.3 is 19.5 Å². The molecule has 1 amide bonds. The summed E-state index contributed by atoms with van der Waals surface area (Å²) in [4.78, 5) is 39.5. The lowest BCUT2D eigenvalue weighted by atomic mass is 10.1. The van der Waals surface area contributed by atoms with E-state index in [0.717, 1.165) is 17.7 Å². The van der Waals surface area contributed by atoms with Crippen molar-refractivity contribution in [2.75, 3.05) is 19.0 Å². The molecule has 0 bridgehead atoms. The molecule has 0 radical (unpaired) electrons. The molecule has 10 heteroatoms. The maximum Gasteiger partial charge on any atom is 0.338 e. The lowest BCUT2D eigenvalue weighted by molar-refractivity contribution is -0.384. The number of methoxy groups -OCH3 is 1. The Morgan fingerprint density at radius 3 is 2.55 bits per heavy atom. The molecule has 3 aromatic rings. The molecule has 3 rings (SSSR count). The Labute approximate surface area is 189 Å². The van der Waals surface area contributed by atoms with E-state index >= 15 is 0 Å². The van der Waals surface area contributed by atoms with Gasteiger partial charge in [-0.1, -0.05) is 6.07 Å². The van der Waals surface area contributed by atoms with Crippen LogP contribution in [0.3, 0.4) is 0 Å². The van der Waals surface area contributed by atoms with Gasteiger partial charge in [-0.3, -0.25) is 19.9 Å². The van der Waals surface area contributed by atoms with Gasteiger partial charge >= 0.3 is 5.97 Å². The highest BCUT2D eigenvalue weighted by Crippen LogP contribution is 2.31. The zero-order chi connectivity index (χ0) is 23.8. The first-order valence-electron chi connectivity index (χ1n) is 9.89. The van der Waals surface area contributed by atoms with Crippen molar-refractivity contribution in [2.45, 2.75) is 13.5 Å². The molecule has 0 saturated carbocycles. The van der Waals surface area contributed by atoms with E-state index in [0.29, 0.717) is 17.2 Å². The van der Waals surface area contributed by atoms with Crippen molar-refractivity contribution in [2.24, 2.45) is 0 Å². The third-order valence-electron chi connectivity index (χ3n) is 4.44. The van der Waals surface area contributed by atoms with Crippen LogP contribution < -0.4 is 14.8 Å². The van der Waals surface area contributed by atoms with Crippen LogP contribution in [0.25, 0.3) is 0 Å². The van der Waals surface area contributed by atoms with Crippen molar-refractivity contribution < 1.29 is 28.7 Å². The standard InChI is InChI=1S/C23H21N3O7/c1-3-32-23(28)17-9-16(10-19(11-17)26(29)30)22(27)25-18-6-7-20(31-2)21(12-18)33-14-15-5-4-8-24-13-15/h4-13H,3,14H2,1-2H3,(H,25,27). The molecule has 0 aliphatic carbocycles. The van der Waals surface area contributed by atoms with Crippen LogP contribution in [0.15, 0.2) is 60.9 Å². The molecule has 10 nitrogen and oxygen atoms in total. The molecule has 170 valence electrons. The number of anilines is 1. The molecule has 0 unspecified atom stereocenters. The Bertz CT molecular complexity index is 1170. The van der Waals surface area contributed by atoms with Crippen LogP contribution in [-0.2, 0) is 11.3 Å². The van der Waals surface area contributed by atoms with E-state index in [1.54, 1.807) is 43.6 Å². The molecule has 0 spiro atoms. The summed E-state index contributed by atoms with van der Waals surface area (Å²) in [5, 5.41) is 13.9. The number of nitrogens with one attached hydrogen (secondary N) is 1. The third kappa shape index (κ3) is 6.03. The van der Waals surface area contributed by atoms with Gasteiger partial charge in [-0.2, -0.15) is 0 Å². The number of benzene rings is 2. The SMILES string of the molecule is CCOC(=O)c1cc(C(=O)Nc2ccc(OC)c(OCc3cccnc3)c2)cc([N+](=O)[O-])c1. The maximum atomic E-state index is 12.8. The van der Waals surface area contributed by atoms with Crippen LogP contribution in [0, 0.1) is 10.1 Å². The number of non-ortho nitro benzene ring substituents is 1. The van der Waals surface area contributed by atoms with E-state index in [4.69, 9.17) is 14.2 Å². The van der Waals surface area contributed by atoms with Crippen LogP contribution >= 0.6 is 0 Å². The Morgan fingerprint density at radius 1 is 1.09 bits per heavy atom. The number of nitrogens with zero attached hydrogens (tertiary/aromatic N) is 2. The molecule has 0 aliphatic rings. The summed E-state index contributed by atoms with van der Waals surface area (Å²) >= 11 is 0. The topological polar surface area (TPSA) is 130 Å². The molecule has 1 aromatic heterocycles.